The van der Waals surface area contributed by atoms with Gasteiger partial charge in [-0.3, -0.25) is 5.43 Å². The molecule has 2 aromatic rings. The Labute approximate surface area is 146 Å². The van der Waals surface area contributed by atoms with Gasteiger partial charge in [0.15, 0.2) is 0 Å². The van der Waals surface area contributed by atoms with Crippen molar-refractivity contribution < 1.29 is 0 Å². The van der Waals surface area contributed by atoms with Gasteiger partial charge < -0.3 is 0 Å². The molecule has 1 N–H and O–H groups in total. The summed E-state index contributed by atoms with van der Waals surface area (Å²) in [4.78, 5) is 0.827. The largest absolute Gasteiger partial charge is 0.275 e. The molecule has 0 bridgehead atoms. The molecule has 0 unspecified atom stereocenters. The van der Waals surface area contributed by atoms with E-state index in [1.165, 1.54) is 0 Å². The van der Waals surface area contributed by atoms with Crippen LogP contribution in [0.2, 0.25) is 0 Å². The van der Waals surface area contributed by atoms with Crippen LogP contribution in [0.5, 0.6) is 0 Å². The Bertz CT molecular complexity index is 821. The fourth-order valence-corrected chi connectivity index (χ4v) is 2.30. The van der Waals surface area contributed by atoms with Crippen LogP contribution in [-0.4, -0.2) is 10.7 Å². The van der Waals surface area contributed by atoms with Crippen molar-refractivity contribution in [3.8, 4) is 0 Å². The fraction of sp³-hybridized carbons (Fsp3) is 0.0526. The second-order valence-electron chi connectivity index (χ2n) is 5.08. The van der Waals surface area contributed by atoms with E-state index in [4.69, 9.17) is 12.2 Å². The molecule has 0 aromatic heterocycles. The SMILES string of the molecule is S=C1CC=CC=C1NN=C(N=Nc1ccccc1)c1ccccc1. The van der Waals surface area contributed by atoms with Crippen LogP contribution < -0.4 is 5.43 Å². The van der Waals surface area contributed by atoms with Gasteiger partial charge in [0.25, 0.3) is 0 Å². The highest BCUT2D eigenvalue weighted by atomic mass is 32.1. The van der Waals surface area contributed by atoms with Crippen molar-refractivity contribution >= 4 is 28.6 Å². The Morgan fingerprint density at radius 1 is 0.958 bits per heavy atom. The van der Waals surface area contributed by atoms with Gasteiger partial charge in [0.1, 0.15) is 0 Å². The number of nitrogens with one attached hydrogen (secondary N) is 1. The standard InChI is InChI=1S/C19H16N4S/c24-18-14-8-7-13-17(18)21-23-19(15-9-3-1-4-10-15)22-20-16-11-5-2-6-12-16/h1-13,21H,14H2. The molecule has 5 heteroatoms. The van der Waals surface area contributed by atoms with Gasteiger partial charge in [-0.25, -0.2) is 0 Å². The number of allylic oxidation sites excluding steroid dienone is 4. The topological polar surface area (TPSA) is 49.1 Å². The van der Waals surface area contributed by atoms with Crippen molar-refractivity contribution in [1.82, 2.24) is 5.43 Å². The third kappa shape index (κ3) is 4.30. The predicted molar refractivity (Wildman–Crippen MR) is 102 cm³/mol. The van der Waals surface area contributed by atoms with Crippen LogP contribution >= 0.6 is 12.2 Å². The van der Waals surface area contributed by atoms with Gasteiger partial charge in [-0.1, -0.05) is 72.9 Å². The zero-order valence-corrected chi connectivity index (χ0v) is 13.8. The van der Waals surface area contributed by atoms with E-state index in [0.29, 0.717) is 5.84 Å². The Hall–Kier alpha value is -2.92. The quantitative estimate of drug-likeness (QED) is 0.283. The average molecular weight is 332 g/mol. The number of nitrogens with zero attached hydrogens (tertiary/aromatic N) is 3. The minimum Gasteiger partial charge on any atom is -0.275 e. The Morgan fingerprint density at radius 3 is 2.38 bits per heavy atom. The van der Waals surface area contributed by atoms with Gasteiger partial charge in [0.2, 0.25) is 5.84 Å². The molecule has 24 heavy (non-hydrogen) atoms. The summed E-state index contributed by atoms with van der Waals surface area (Å²) in [6.45, 7) is 0. The fourth-order valence-electron chi connectivity index (χ4n) is 2.09. The van der Waals surface area contributed by atoms with Crippen LogP contribution in [-0.2, 0) is 0 Å². The van der Waals surface area contributed by atoms with E-state index in [-0.39, 0.29) is 0 Å². The summed E-state index contributed by atoms with van der Waals surface area (Å²) in [5.74, 6) is 0.498. The lowest BCUT2D eigenvalue weighted by Gasteiger charge is -2.10. The summed E-state index contributed by atoms with van der Waals surface area (Å²) >= 11 is 5.33. The summed E-state index contributed by atoms with van der Waals surface area (Å²) in [6.07, 6.45) is 6.63. The molecule has 0 radical (unpaired) electrons. The lowest BCUT2D eigenvalue weighted by atomic mass is 10.1. The average Bonchev–Trinajstić information content (AvgIpc) is 2.65. The highest BCUT2D eigenvalue weighted by Crippen LogP contribution is 2.13. The highest BCUT2D eigenvalue weighted by molar-refractivity contribution is 7.80. The minimum absolute atomic E-state index is 0.498. The number of hydrogen-bond acceptors (Lipinski definition) is 4. The van der Waals surface area contributed by atoms with Crippen molar-refractivity contribution in [1.29, 1.82) is 0 Å². The molecule has 0 heterocycles. The maximum atomic E-state index is 5.33. The molecule has 0 saturated heterocycles. The van der Waals surface area contributed by atoms with Gasteiger partial charge in [0, 0.05) is 16.8 Å². The molecular weight excluding hydrogens is 316 g/mol. The van der Waals surface area contributed by atoms with E-state index >= 15 is 0 Å². The molecule has 1 aliphatic rings. The van der Waals surface area contributed by atoms with Crippen LogP contribution in [0, 0.1) is 0 Å². The number of benzene rings is 2. The Morgan fingerprint density at radius 2 is 1.67 bits per heavy atom. The molecule has 0 aliphatic heterocycles. The lowest BCUT2D eigenvalue weighted by Crippen LogP contribution is -2.17. The predicted octanol–water partition coefficient (Wildman–Crippen LogP) is 4.94. The van der Waals surface area contributed by atoms with E-state index in [0.717, 1.165) is 28.2 Å². The van der Waals surface area contributed by atoms with Crippen LogP contribution in [0.3, 0.4) is 0 Å². The van der Waals surface area contributed by atoms with Gasteiger partial charge in [0.05, 0.1) is 11.4 Å². The van der Waals surface area contributed by atoms with Gasteiger partial charge in [-0.15, -0.1) is 10.2 Å². The Balaban J connectivity index is 1.86. The molecule has 4 nitrogen and oxygen atoms in total. The summed E-state index contributed by atoms with van der Waals surface area (Å²) in [6, 6.07) is 19.3. The summed E-state index contributed by atoms with van der Waals surface area (Å²) in [5, 5.41) is 13.0. The number of rotatable bonds is 4. The maximum Gasteiger partial charge on any atom is 0.201 e. The number of thiocarbonyl (C=S) groups is 1. The first kappa shape index (κ1) is 16.0. The first-order valence-electron chi connectivity index (χ1n) is 7.59. The second kappa shape index (κ2) is 8.08. The van der Waals surface area contributed by atoms with E-state index in [1.54, 1.807) is 0 Å². The molecule has 0 fully saturated rings. The van der Waals surface area contributed by atoms with Crippen LogP contribution in [0.4, 0.5) is 5.69 Å². The molecule has 0 saturated carbocycles. The number of hydrogen-bond donors (Lipinski definition) is 1. The number of azo groups is 1. The zero-order chi connectivity index (χ0) is 16.6. The monoisotopic (exact) mass is 332 g/mol. The minimum atomic E-state index is 0.498. The third-order valence-corrected chi connectivity index (χ3v) is 3.72. The zero-order valence-electron chi connectivity index (χ0n) is 13.0. The van der Waals surface area contributed by atoms with Crippen molar-refractivity contribution in [2.24, 2.45) is 15.3 Å². The molecule has 3 rings (SSSR count). The van der Waals surface area contributed by atoms with Crippen molar-refractivity contribution in [3.05, 3.63) is 90.2 Å². The third-order valence-electron chi connectivity index (χ3n) is 3.33. The van der Waals surface area contributed by atoms with Gasteiger partial charge in [-0.05, 0) is 18.2 Å². The van der Waals surface area contributed by atoms with Crippen LogP contribution in [0.25, 0.3) is 0 Å². The van der Waals surface area contributed by atoms with Gasteiger partial charge in [-0.2, -0.15) is 5.10 Å². The lowest BCUT2D eigenvalue weighted by molar-refractivity contribution is 0.921. The summed E-state index contributed by atoms with van der Waals surface area (Å²) < 4.78 is 0. The molecule has 2 aromatic carbocycles. The summed E-state index contributed by atoms with van der Waals surface area (Å²) in [7, 11) is 0. The molecule has 1 aliphatic carbocycles. The van der Waals surface area contributed by atoms with E-state index in [2.05, 4.69) is 20.8 Å². The van der Waals surface area contributed by atoms with E-state index in [1.807, 2.05) is 78.9 Å². The van der Waals surface area contributed by atoms with Gasteiger partial charge >= 0.3 is 0 Å². The van der Waals surface area contributed by atoms with Crippen molar-refractivity contribution in [2.45, 2.75) is 6.42 Å². The smallest absolute Gasteiger partial charge is 0.201 e. The summed E-state index contributed by atoms with van der Waals surface area (Å²) in [5.41, 5.74) is 5.48. The second-order valence-corrected chi connectivity index (χ2v) is 5.58. The normalized spacial score (nSPS) is 14.8. The van der Waals surface area contributed by atoms with Crippen LogP contribution in [0.15, 0.2) is 99.9 Å². The first-order chi connectivity index (χ1) is 11.8. The molecule has 0 spiro atoms. The molecular formula is C19H16N4S. The van der Waals surface area contributed by atoms with Crippen LogP contribution in [0.1, 0.15) is 12.0 Å². The van der Waals surface area contributed by atoms with E-state index in [9.17, 15) is 0 Å². The Kier molecular flexibility index (Phi) is 5.37. The molecule has 118 valence electrons. The maximum absolute atomic E-state index is 5.33. The molecule has 0 atom stereocenters. The number of amidine groups is 1. The molecule has 0 amide bonds. The number of hydrazone groups is 1. The first-order valence-corrected chi connectivity index (χ1v) is 8.00. The van der Waals surface area contributed by atoms with Crippen molar-refractivity contribution in [3.63, 3.8) is 0 Å². The van der Waals surface area contributed by atoms with E-state index < -0.39 is 0 Å². The highest BCUT2D eigenvalue weighted by Gasteiger charge is 2.07. The van der Waals surface area contributed by atoms with Crippen molar-refractivity contribution in [2.75, 3.05) is 0 Å².